The largest absolute Gasteiger partial charge is 0.466 e. The van der Waals surface area contributed by atoms with E-state index < -0.39 is 0 Å². The molecule has 1 aromatic carbocycles. The lowest BCUT2D eigenvalue weighted by molar-refractivity contribution is -0.143. The lowest BCUT2D eigenvalue weighted by Gasteiger charge is -2.01. The molecule has 20 heavy (non-hydrogen) atoms. The summed E-state index contributed by atoms with van der Waals surface area (Å²) < 4.78 is 5.85. The highest BCUT2D eigenvalue weighted by molar-refractivity contribution is 9.10. The van der Waals surface area contributed by atoms with E-state index >= 15 is 0 Å². The summed E-state index contributed by atoms with van der Waals surface area (Å²) in [5.41, 5.74) is 1.86. The van der Waals surface area contributed by atoms with Crippen LogP contribution in [0, 0.1) is 0 Å². The molecule has 0 N–H and O–H groups in total. The van der Waals surface area contributed by atoms with Gasteiger partial charge in [-0.2, -0.15) is 0 Å². The van der Waals surface area contributed by atoms with Crippen molar-refractivity contribution in [2.24, 2.45) is 0 Å². The van der Waals surface area contributed by atoms with E-state index in [1.165, 1.54) is 11.3 Å². The highest BCUT2D eigenvalue weighted by atomic mass is 79.9. The molecule has 0 atom stereocenters. The van der Waals surface area contributed by atoms with Gasteiger partial charge in [0.05, 0.1) is 18.7 Å². The monoisotopic (exact) mass is 373 g/mol. The van der Waals surface area contributed by atoms with Crippen LogP contribution in [0.3, 0.4) is 0 Å². The van der Waals surface area contributed by atoms with Crippen LogP contribution in [-0.4, -0.2) is 17.6 Å². The zero-order valence-electron chi connectivity index (χ0n) is 10.9. The van der Waals surface area contributed by atoms with Crippen LogP contribution in [0.2, 0.25) is 5.02 Å². The Morgan fingerprint density at radius 3 is 3.05 bits per heavy atom. The molecule has 6 heteroatoms. The number of ether oxygens (including phenoxy) is 1. The van der Waals surface area contributed by atoms with Crippen molar-refractivity contribution in [1.29, 1.82) is 0 Å². The molecule has 1 heterocycles. The van der Waals surface area contributed by atoms with Crippen LogP contribution >= 0.6 is 38.9 Å². The van der Waals surface area contributed by atoms with Crippen LogP contribution < -0.4 is 0 Å². The van der Waals surface area contributed by atoms with Crippen molar-refractivity contribution in [3.8, 4) is 10.6 Å². The van der Waals surface area contributed by atoms with Crippen LogP contribution in [0.5, 0.6) is 0 Å². The Kier molecular flexibility index (Phi) is 5.57. The van der Waals surface area contributed by atoms with Crippen molar-refractivity contribution in [3.63, 3.8) is 0 Å². The van der Waals surface area contributed by atoms with E-state index in [-0.39, 0.29) is 5.97 Å². The minimum atomic E-state index is -0.189. The number of hydrogen-bond donors (Lipinski definition) is 0. The Morgan fingerprint density at radius 1 is 1.50 bits per heavy atom. The molecule has 0 aliphatic rings. The Bertz CT molecular complexity index is 615. The number of carbonyl (C=O) groups excluding carboxylic acids is 1. The molecule has 0 saturated carbocycles. The zero-order chi connectivity index (χ0) is 14.5. The van der Waals surface area contributed by atoms with Crippen molar-refractivity contribution in [2.75, 3.05) is 6.61 Å². The van der Waals surface area contributed by atoms with Gasteiger partial charge in [-0.05, 0) is 25.1 Å². The molecule has 0 saturated heterocycles. The number of carbonyl (C=O) groups is 1. The van der Waals surface area contributed by atoms with Gasteiger partial charge in [0.25, 0.3) is 0 Å². The van der Waals surface area contributed by atoms with Gasteiger partial charge < -0.3 is 4.74 Å². The molecule has 0 unspecified atom stereocenters. The number of benzene rings is 1. The van der Waals surface area contributed by atoms with E-state index in [4.69, 9.17) is 16.3 Å². The van der Waals surface area contributed by atoms with Gasteiger partial charge in [-0.15, -0.1) is 11.3 Å². The van der Waals surface area contributed by atoms with Gasteiger partial charge in [-0.1, -0.05) is 27.5 Å². The molecular weight excluding hydrogens is 362 g/mol. The summed E-state index contributed by atoms with van der Waals surface area (Å²) in [5, 5.41) is 3.52. The number of aromatic nitrogens is 1. The van der Waals surface area contributed by atoms with E-state index in [0.717, 1.165) is 20.7 Å². The quantitative estimate of drug-likeness (QED) is 0.711. The fraction of sp³-hybridized carbons (Fsp3) is 0.286. The van der Waals surface area contributed by atoms with Crippen LogP contribution in [0.15, 0.2) is 28.1 Å². The second-order valence-electron chi connectivity index (χ2n) is 4.07. The number of esters is 1. The van der Waals surface area contributed by atoms with Crippen molar-refractivity contribution in [3.05, 3.63) is 38.8 Å². The van der Waals surface area contributed by atoms with Crippen LogP contribution in [-0.2, 0) is 16.0 Å². The highest BCUT2D eigenvalue weighted by Crippen LogP contribution is 2.33. The highest BCUT2D eigenvalue weighted by Gasteiger charge is 2.10. The zero-order valence-corrected chi connectivity index (χ0v) is 14.0. The SMILES string of the molecule is CCOC(=O)CCc1csc(-c2cc(Cl)ccc2Br)n1. The smallest absolute Gasteiger partial charge is 0.306 e. The number of thiazole rings is 1. The molecule has 0 bridgehead atoms. The summed E-state index contributed by atoms with van der Waals surface area (Å²) in [4.78, 5) is 15.9. The summed E-state index contributed by atoms with van der Waals surface area (Å²) in [6.45, 7) is 2.21. The number of aryl methyl sites for hydroxylation is 1. The fourth-order valence-electron chi connectivity index (χ4n) is 1.67. The maximum atomic E-state index is 11.3. The standard InChI is InChI=1S/C14H13BrClNO2S/c1-2-19-13(18)6-4-10-8-20-14(17-10)11-7-9(16)3-5-12(11)15/h3,5,7-8H,2,4,6H2,1H3. The predicted octanol–water partition coefficient (Wildman–Crippen LogP) is 4.72. The molecule has 0 aliphatic heterocycles. The van der Waals surface area contributed by atoms with Gasteiger partial charge in [-0.3, -0.25) is 4.79 Å². The molecule has 0 radical (unpaired) electrons. The Labute approximate surface area is 135 Å². The molecule has 1 aromatic heterocycles. The minimum absolute atomic E-state index is 0.189. The molecule has 2 aromatic rings. The first-order chi connectivity index (χ1) is 9.60. The molecule has 106 valence electrons. The van der Waals surface area contributed by atoms with E-state index in [9.17, 15) is 4.79 Å². The number of halogens is 2. The third-order valence-corrected chi connectivity index (χ3v) is 4.45. The molecular formula is C14H13BrClNO2S. The summed E-state index contributed by atoms with van der Waals surface area (Å²) in [6.07, 6.45) is 0.946. The molecule has 2 rings (SSSR count). The summed E-state index contributed by atoms with van der Waals surface area (Å²) in [6, 6.07) is 5.60. The summed E-state index contributed by atoms with van der Waals surface area (Å²) in [5.74, 6) is -0.189. The lowest BCUT2D eigenvalue weighted by atomic mass is 10.2. The van der Waals surface area contributed by atoms with Crippen molar-refractivity contribution >= 4 is 44.8 Å². The van der Waals surface area contributed by atoms with Gasteiger partial charge in [0.1, 0.15) is 5.01 Å². The first kappa shape index (κ1) is 15.5. The fourth-order valence-corrected chi connectivity index (χ4v) is 3.29. The van der Waals surface area contributed by atoms with E-state index in [1.807, 2.05) is 23.6 Å². The molecule has 0 aliphatic carbocycles. The minimum Gasteiger partial charge on any atom is -0.466 e. The number of hydrogen-bond acceptors (Lipinski definition) is 4. The Balaban J connectivity index is 2.09. The van der Waals surface area contributed by atoms with Gasteiger partial charge in [-0.25, -0.2) is 4.98 Å². The first-order valence-electron chi connectivity index (χ1n) is 6.15. The van der Waals surface area contributed by atoms with Crippen molar-refractivity contribution < 1.29 is 9.53 Å². The second-order valence-corrected chi connectivity index (χ2v) is 6.22. The Hall–Kier alpha value is -0.910. The third-order valence-electron chi connectivity index (χ3n) is 2.60. The maximum Gasteiger partial charge on any atom is 0.306 e. The molecule has 0 fully saturated rings. The molecule has 3 nitrogen and oxygen atoms in total. The first-order valence-corrected chi connectivity index (χ1v) is 8.20. The Morgan fingerprint density at radius 2 is 2.30 bits per heavy atom. The maximum absolute atomic E-state index is 11.3. The van der Waals surface area contributed by atoms with Crippen molar-refractivity contribution in [1.82, 2.24) is 4.98 Å². The van der Waals surface area contributed by atoms with Crippen LogP contribution in [0.25, 0.3) is 10.6 Å². The summed E-state index contributed by atoms with van der Waals surface area (Å²) in [7, 11) is 0. The predicted molar refractivity (Wildman–Crippen MR) is 85.2 cm³/mol. The molecule has 0 spiro atoms. The van der Waals surface area contributed by atoms with Gasteiger partial charge >= 0.3 is 5.97 Å². The third kappa shape index (κ3) is 4.04. The van der Waals surface area contributed by atoms with Gasteiger partial charge in [0.2, 0.25) is 0 Å². The molecule has 0 amide bonds. The topological polar surface area (TPSA) is 39.2 Å². The normalized spacial score (nSPS) is 10.6. The van der Waals surface area contributed by atoms with E-state index in [0.29, 0.717) is 24.5 Å². The van der Waals surface area contributed by atoms with Crippen molar-refractivity contribution in [2.45, 2.75) is 19.8 Å². The average molecular weight is 375 g/mol. The van der Waals surface area contributed by atoms with E-state index in [1.54, 1.807) is 6.92 Å². The number of rotatable bonds is 5. The van der Waals surface area contributed by atoms with Gasteiger partial charge in [0.15, 0.2) is 0 Å². The van der Waals surface area contributed by atoms with E-state index in [2.05, 4.69) is 20.9 Å². The second kappa shape index (κ2) is 7.20. The lowest BCUT2D eigenvalue weighted by Crippen LogP contribution is -2.05. The number of nitrogens with zero attached hydrogens (tertiary/aromatic N) is 1. The van der Waals surface area contributed by atoms with Crippen LogP contribution in [0.4, 0.5) is 0 Å². The summed E-state index contributed by atoms with van der Waals surface area (Å²) >= 11 is 11.0. The van der Waals surface area contributed by atoms with Gasteiger partial charge in [0, 0.05) is 26.9 Å². The average Bonchev–Trinajstić information content (AvgIpc) is 2.88. The van der Waals surface area contributed by atoms with Crippen LogP contribution in [0.1, 0.15) is 19.0 Å².